The highest BCUT2D eigenvalue weighted by Gasteiger charge is 2.42. The zero-order valence-corrected chi connectivity index (χ0v) is 17.8. The third kappa shape index (κ3) is 3.60. The summed E-state index contributed by atoms with van der Waals surface area (Å²) in [5.74, 6) is -0.973. The zero-order chi connectivity index (χ0) is 21.6. The van der Waals surface area contributed by atoms with Crippen molar-refractivity contribution in [1.82, 2.24) is 0 Å². The van der Waals surface area contributed by atoms with Gasteiger partial charge in [-0.15, -0.1) is 0 Å². The number of carbonyl (C=O) groups is 2. The maximum atomic E-state index is 13.3. The molecule has 4 rings (SSSR count). The van der Waals surface area contributed by atoms with Gasteiger partial charge in [-0.2, -0.15) is 0 Å². The van der Waals surface area contributed by atoms with Crippen LogP contribution < -0.4 is 4.90 Å². The highest BCUT2D eigenvalue weighted by atomic mass is 35.5. The number of allylic oxidation sites excluding steroid dienone is 2. The van der Waals surface area contributed by atoms with Gasteiger partial charge in [0.05, 0.1) is 4.92 Å². The van der Waals surface area contributed by atoms with Crippen LogP contribution in [0.4, 0.5) is 11.4 Å². The topological polar surface area (TPSA) is 80.5 Å². The van der Waals surface area contributed by atoms with Crippen LogP contribution in [0.15, 0.2) is 47.7 Å². The van der Waals surface area contributed by atoms with Crippen molar-refractivity contribution in [3.8, 4) is 0 Å². The molecule has 0 fully saturated rings. The quantitative estimate of drug-likeness (QED) is 0.406. The van der Waals surface area contributed by atoms with E-state index >= 15 is 0 Å². The number of hydrogen-bond donors (Lipinski definition) is 0. The summed E-state index contributed by atoms with van der Waals surface area (Å²) < 4.78 is 0. The lowest BCUT2D eigenvalue weighted by Crippen LogP contribution is -2.40. The minimum absolute atomic E-state index is 0.0460. The van der Waals surface area contributed by atoms with Crippen molar-refractivity contribution in [2.24, 2.45) is 0 Å². The van der Waals surface area contributed by atoms with E-state index in [0.29, 0.717) is 46.1 Å². The van der Waals surface area contributed by atoms with Gasteiger partial charge < -0.3 is 0 Å². The van der Waals surface area contributed by atoms with Gasteiger partial charge in [-0.1, -0.05) is 40.9 Å². The van der Waals surface area contributed by atoms with Crippen LogP contribution in [-0.2, 0) is 9.59 Å². The highest BCUT2D eigenvalue weighted by Crippen LogP contribution is 2.47. The van der Waals surface area contributed by atoms with E-state index in [4.69, 9.17) is 34.8 Å². The molecule has 0 radical (unpaired) electrons. The Morgan fingerprint density at radius 3 is 2.40 bits per heavy atom. The molecule has 1 amide bonds. The molecule has 0 saturated heterocycles. The van der Waals surface area contributed by atoms with E-state index in [1.54, 1.807) is 18.2 Å². The summed E-state index contributed by atoms with van der Waals surface area (Å²) in [6, 6.07) is 9.00. The van der Waals surface area contributed by atoms with Crippen molar-refractivity contribution in [1.29, 1.82) is 0 Å². The maximum absolute atomic E-state index is 13.3. The maximum Gasteiger partial charge on any atom is 0.293 e. The first-order valence-electron chi connectivity index (χ1n) is 9.26. The number of nitro groups is 1. The van der Waals surface area contributed by atoms with Crippen LogP contribution in [0, 0.1) is 10.1 Å². The summed E-state index contributed by atoms with van der Waals surface area (Å²) in [6.45, 7) is 0. The van der Waals surface area contributed by atoms with Crippen LogP contribution >= 0.6 is 34.8 Å². The van der Waals surface area contributed by atoms with Crippen LogP contribution in [0.25, 0.3) is 0 Å². The molecule has 0 bridgehead atoms. The van der Waals surface area contributed by atoms with Gasteiger partial charge in [0.15, 0.2) is 5.78 Å². The predicted molar refractivity (Wildman–Crippen MR) is 115 cm³/mol. The average molecular weight is 466 g/mol. The molecule has 9 heteroatoms. The molecule has 2 aliphatic rings. The summed E-state index contributed by atoms with van der Waals surface area (Å²) >= 11 is 18.5. The van der Waals surface area contributed by atoms with Crippen LogP contribution in [-0.4, -0.2) is 16.6 Å². The van der Waals surface area contributed by atoms with Crippen LogP contribution in [0.3, 0.4) is 0 Å². The van der Waals surface area contributed by atoms with E-state index in [9.17, 15) is 19.7 Å². The third-order valence-corrected chi connectivity index (χ3v) is 6.19. The molecule has 0 N–H and O–H groups in total. The number of hydrogen-bond acceptors (Lipinski definition) is 4. The van der Waals surface area contributed by atoms with Gasteiger partial charge in [-0.3, -0.25) is 24.6 Å². The normalized spacial score (nSPS) is 19.2. The molecule has 2 aromatic carbocycles. The molecule has 1 aliphatic carbocycles. The Kier molecular flexibility index (Phi) is 5.57. The first-order chi connectivity index (χ1) is 14.3. The number of Topliss-reactive ketones (excluding diaryl/α,β-unsaturated/α-hetero) is 1. The van der Waals surface area contributed by atoms with E-state index in [-0.39, 0.29) is 34.5 Å². The molecule has 30 heavy (non-hydrogen) atoms. The second-order valence-corrected chi connectivity index (χ2v) is 8.46. The highest BCUT2D eigenvalue weighted by molar-refractivity contribution is 6.35. The smallest absolute Gasteiger partial charge is 0.293 e. The first-order valence-corrected chi connectivity index (χ1v) is 10.4. The van der Waals surface area contributed by atoms with Gasteiger partial charge in [-0.05, 0) is 42.7 Å². The third-order valence-electron chi connectivity index (χ3n) is 5.39. The summed E-state index contributed by atoms with van der Waals surface area (Å²) in [5.41, 5.74) is 1.40. The first kappa shape index (κ1) is 20.8. The fraction of sp³-hybridized carbons (Fsp3) is 0.238. The standard InChI is InChI=1S/C21H15Cl3N2O4/c22-11-4-6-13(15(24)8-11)14-10-20(28)25(17-2-1-3-19(27)21(14)17)18-9-12(23)5-7-16(18)26(29)30/h4-9,14H,1-3,10H2. The Bertz CT molecular complexity index is 1130. The average Bonchev–Trinajstić information content (AvgIpc) is 2.67. The number of anilines is 1. The molecular formula is C21H15Cl3N2O4. The summed E-state index contributed by atoms with van der Waals surface area (Å²) in [5, 5.41) is 12.7. The lowest BCUT2D eigenvalue weighted by molar-refractivity contribution is -0.384. The molecule has 2 aromatic rings. The Labute approximate surface area is 187 Å². The van der Waals surface area contributed by atoms with E-state index < -0.39 is 10.8 Å². The Hall–Kier alpha value is -2.41. The van der Waals surface area contributed by atoms with Gasteiger partial charge in [0.1, 0.15) is 5.69 Å². The monoisotopic (exact) mass is 464 g/mol. The van der Waals surface area contributed by atoms with E-state index in [2.05, 4.69) is 0 Å². The van der Waals surface area contributed by atoms with Crippen molar-refractivity contribution in [2.45, 2.75) is 31.6 Å². The number of nitro benzene ring substituents is 1. The molecule has 0 aromatic heterocycles. The Morgan fingerprint density at radius 1 is 1.00 bits per heavy atom. The van der Waals surface area contributed by atoms with Gasteiger partial charge in [-0.25, -0.2) is 0 Å². The van der Waals surface area contributed by atoms with Crippen molar-refractivity contribution < 1.29 is 14.5 Å². The van der Waals surface area contributed by atoms with Gasteiger partial charge >= 0.3 is 0 Å². The summed E-state index contributed by atoms with van der Waals surface area (Å²) in [7, 11) is 0. The molecular weight excluding hydrogens is 451 g/mol. The minimum Gasteiger partial charge on any atom is -0.294 e. The van der Waals surface area contributed by atoms with Crippen LogP contribution in [0.1, 0.15) is 37.2 Å². The number of benzene rings is 2. The fourth-order valence-electron chi connectivity index (χ4n) is 4.15. The van der Waals surface area contributed by atoms with E-state index in [1.807, 2.05) is 0 Å². The zero-order valence-electron chi connectivity index (χ0n) is 15.5. The molecule has 6 nitrogen and oxygen atoms in total. The lowest BCUT2D eigenvalue weighted by atomic mass is 9.77. The van der Waals surface area contributed by atoms with E-state index in [1.165, 1.54) is 23.1 Å². The number of nitrogens with zero attached hydrogens (tertiary/aromatic N) is 2. The second kappa shape index (κ2) is 8.02. The molecule has 1 atom stereocenters. The Balaban J connectivity index is 1.93. The van der Waals surface area contributed by atoms with Gasteiger partial charge in [0.25, 0.3) is 5.69 Å². The molecule has 1 unspecified atom stereocenters. The van der Waals surface area contributed by atoms with Crippen LogP contribution in [0.5, 0.6) is 0 Å². The molecule has 154 valence electrons. The number of carbonyl (C=O) groups excluding carboxylic acids is 2. The van der Waals surface area contributed by atoms with Crippen molar-refractivity contribution in [3.63, 3.8) is 0 Å². The number of halogens is 3. The number of amides is 1. The van der Waals surface area contributed by atoms with Crippen molar-refractivity contribution in [3.05, 3.63) is 78.4 Å². The molecule has 1 heterocycles. The van der Waals surface area contributed by atoms with Gasteiger partial charge in [0, 0.05) is 51.2 Å². The predicted octanol–water partition coefficient (Wildman–Crippen LogP) is 6.08. The second-order valence-electron chi connectivity index (χ2n) is 7.18. The Morgan fingerprint density at radius 2 is 1.70 bits per heavy atom. The SMILES string of the molecule is O=C1CCCC2=C1C(c1ccc(Cl)cc1Cl)CC(=O)N2c1cc(Cl)ccc1[N+](=O)[O-]. The summed E-state index contributed by atoms with van der Waals surface area (Å²) in [4.78, 5) is 38.5. The largest absolute Gasteiger partial charge is 0.294 e. The number of ketones is 1. The molecule has 0 saturated carbocycles. The lowest BCUT2D eigenvalue weighted by Gasteiger charge is -2.38. The molecule has 0 spiro atoms. The number of rotatable bonds is 3. The molecule has 1 aliphatic heterocycles. The van der Waals surface area contributed by atoms with Gasteiger partial charge in [0.2, 0.25) is 5.91 Å². The van der Waals surface area contributed by atoms with Crippen LogP contribution in [0.2, 0.25) is 15.1 Å². The summed E-state index contributed by atoms with van der Waals surface area (Å²) in [6.07, 6.45) is 1.30. The van der Waals surface area contributed by atoms with Crippen molar-refractivity contribution in [2.75, 3.05) is 4.90 Å². The fourth-order valence-corrected chi connectivity index (χ4v) is 4.86. The van der Waals surface area contributed by atoms with E-state index in [0.717, 1.165) is 0 Å². The minimum atomic E-state index is -0.564. The van der Waals surface area contributed by atoms with Crippen molar-refractivity contribution >= 4 is 57.9 Å².